The van der Waals surface area contributed by atoms with Crippen LogP contribution < -0.4 is 4.74 Å². The van der Waals surface area contributed by atoms with E-state index in [1.54, 1.807) is 30.3 Å². The van der Waals surface area contributed by atoms with Crippen LogP contribution in [-0.4, -0.2) is 55.3 Å². The lowest BCUT2D eigenvalue weighted by atomic mass is 10.3. The molecule has 1 rings (SSSR count). The molecule has 1 aromatic rings. The molecule has 1 amide bonds. The maximum Gasteiger partial charge on any atom is 0.357 e. The van der Waals surface area contributed by atoms with E-state index < -0.39 is 18.0 Å². The maximum absolute atomic E-state index is 12.0. The minimum Gasteiger partial charge on any atom is -0.469 e. The Balaban J connectivity index is 2.83. The molecule has 0 bridgehead atoms. The topological polar surface area (TPSA) is 76.1 Å². The molecule has 19 heavy (non-hydrogen) atoms. The van der Waals surface area contributed by atoms with Crippen LogP contribution in [0.1, 0.15) is 0 Å². The smallest absolute Gasteiger partial charge is 0.357 e. The molecule has 0 fully saturated rings. The zero-order chi connectivity index (χ0) is 14.3. The summed E-state index contributed by atoms with van der Waals surface area (Å²) in [6.07, 6.45) is -1.37. The molecular weight excluding hydrogens is 250 g/mol. The van der Waals surface area contributed by atoms with Crippen molar-refractivity contribution in [1.29, 1.82) is 0 Å². The first-order valence-electron chi connectivity index (χ1n) is 5.75. The molecule has 0 saturated carbocycles. The molecule has 0 aromatic heterocycles. The van der Waals surface area contributed by atoms with Gasteiger partial charge in [0.25, 0.3) is 12.0 Å². The Labute approximate surface area is 111 Å². The van der Waals surface area contributed by atoms with E-state index in [2.05, 4.69) is 4.74 Å². The fraction of sp³-hybridized carbons (Fsp3) is 0.385. The molecule has 0 aliphatic heterocycles. The van der Waals surface area contributed by atoms with Gasteiger partial charge in [-0.15, -0.1) is 0 Å². The third kappa shape index (κ3) is 4.26. The Kier molecular flexibility index (Phi) is 5.81. The van der Waals surface area contributed by atoms with Gasteiger partial charge in [0.2, 0.25) is 0 Å². The van der Waals surface area contributed by atoms with Crippen LogP contribution in [0.3, 0.4) is 0 Å². The molecular formula is C13H17NO5. The first-order chi connectivity index (χ1) is 9.10. The number of hydrogen-bond acceptors (Lipinski definition) is 5. The molecule has 1 N–H and O–H groups in total. The standard InChI is InChI=1S/C13H17NO5/c1-14(8-9-15)12(16)11(13(17)18-2)19-10-6-4-3-5-7-10/h3-7,11,15H,8-9H2,1-2H3. The number of likely N-dealkylation sites (N-methyl/N-ethyl adjacent to an activating group) is 1. The Morgan fingerprint density at radius 1 is 1.32 bits per heavy atom. The molecule has 0 heterocycles. The molecule has 6 nitrogen and oxygen atoms in total. The lowest BCUT2D eigenvalue weighted by Crippen LogP contribution is -2.46. The van der Waals surface area contributed by atoms with Crippen molar-refractivity contribution in [2.24, 2.45) is 0 Å². The van der Waals surface area contributed by atoms with Crippen molar-refractivity contribution in [2.45, 2.75) is 6.10 Å². The number of hydrogen-bond donors (Lipinski definition) is 1. The third-order valence-corrected chi connectivity index (χ3v) is 2.45. The minimum absolute atomic E-state index is 0.116. The van der Waals surface area contributed by atoms with Gasteiger partial charge >= 0.3 is 5.97 Å². The average Bonchev–Trinajstić information content (AvgIpc) is 2.44. The van der Waals surface area contributed by atoms with Gasteiger partial charge in [0.15, 0.2) is 0 Å². The monoisotopic (exact) mass is 267 g/mol. The second kappa shape index (κ2) is 7.38. The number of carbonyl (C=O) groups excluding carboxylic acids is 2. The van der Waals surface area contributed by atoms with Crippen molar-refractivity contribution in [3.8, 4) is 5.75 Å². The molecule has 1 unspecified atom stereocenters. The number of para-hydroxylation sites is 1. The summed E-state index contributed by atoms with van der Waals surface area (Å²) in [6.45, 7) is -0.0774. The summed E-state index contributed by atoms with van der Waals surface area (Å²) in [5.41, 5.74) is 0. The van der Waals surface area contributed by atoms with Crippen LogP contribution in [0, 0.1) is 0 Å². The molecule has 104 valence electrons. The molecule has 0 saturated heterocycles. The van der Waals surface area contributed by atoms with Crippen LogP contribution in [0.15, 0.2) is 30.3 Å². The number of rotatable bonds is 6. The zero-order valence-electron chi connectivity index (χ0n) is 10.9. The van der Waals surface area contributed by atoms with Crippen molar-refractivity contribution in [3.05, 3.63) is 30.3 Å². The Hall–Kier alpha value is -2.08. The van der Waals surface area contributed by atoms with Gasteiger partial charge in [0.1, 0.15) is 5.75 Å². The van der Waals surface area contributed by atoms with E-state index in [0.717, 1.165) is 0 Å². The Morgan fingerprint density at radius 2 is 1.95 bits per heavy atom. The first kappa shape index (κ1) is 15.0. The summed E-state index contributed by atoms with van der Waals surface area (Å²) in [6, 6.07) is 8.52. The van der Waals surface area contributed by atoms with Gasteiger partial charge in [-0.25, -0.2) is 4.79 Å². The fourth-order valence-electron chi connectivity index (χ4n) is 1.40. The fourth-order valence-corrected chi connectivity index (χ4v) is 1.40. The number of esters is 1. The highest BCUT2D eigenvalue weighted by molar-refractivity contribution is 6.01. The van der Waals surface area contributed by atoms with Crippen LogP contribution in [0.5, 0.6) is 5.75 Å². The maximum atomic E-state index is 12.0. The Bertz CT molecular complexity index is 420. The molecule has 1 atom stereocenters. The number of methoxy groups -OCH3 is 1. The normalized spacial score (nSPS) is 11.5. The van der Waals surface area contributed by atoms with Gasteiger partial charge in [-0.05, 0) is 12.1 Å². The molecule has 0 radical (unpaired) electrons. The van der Waals surface area contributed by atoms with E-state index in [4.69, 9.17) is 9.84 Å². The average molecular weight is 267 g/mol. The van der Waals surface area contributed by atoms with E-state index in [1.165, 1.54) is 19.1 Å². The van der Waals surface area contributed by atoms with Crippen molar-refractivity contribution in [3.63, 3.8) is 0 Å². The van der Waals surface area contributed by atoms with Crippen LogP contribution in [-0.2, 0) is 14.3 Å². The summed E-state index contributed by atoms with van der Waals surface area (Å²) in [5, 5.41) is 8.80. The van der Waals surface area contributed by atoms with E-state index in [-0.39, 0.29) is 13.2 Å². The summed E-state index contributed by atoms with van der Waals surface area (Å²) in [4.78, 5) is 24.8. The quantitative estimate of drug-likeness (QED) is 0.582. The number of benzene rings is 1. The van der Waals surface area contributed by atoms with E-state index >= 15 is 0 Å². The van der Waals surface area contributed by atoms with Gasteiger partial charge in [0.05, 0.1) is 13.7 Å². The predicted octanol–water partition coefficient (Wildman–Crippen LogP) is 0.0577. The number of aliphatic hydroxyl groups is 1. The zero-order valence-corrected chi connectivity index (χ0v) is 10.9. The lowest BCUT2D eigenvalue weighted by Gasteiger charge is -2.22. The van der Waals surface area contributed by atoms with Gasteiger partial charge in [-0.1, -0.05) is 18.2 Å². The summed E-state index contributed by atoms with van der Waals surface area (Å²) in [5.74, 6) is -0.952. The highest BCUT2D eigenvalue weighted by Crippen LogP contribution is 2.13. The summed E-state index contributed by atoms with van der Waals surface area (Å²) >= 11 is 0. The second-order valence-corrected chi connectivity index (χ2v) is 3.82. The van der Waals surface area contributed by atoms with Crippen molar-refractivity contribution >= 4 is 11.9 Å². The third-order valence-electron chi connectivity index (χ3n) is 2.45. The van der Waals surface area contributed by atoms with Crippen molar-refractivity contribution in [1.82, 2.24) is 4.90 Å². The summed E-state index contributed by atoms with van der Waals surface area (Å²) in [7, 11) is 2.66. The SMILES string of the molecule is COC(=O)C(Oc1ccccc1)C(=O)N(C)CCO. The molecule has 1 aromatic carbocycles. The van der Waals surface area contributed by atoms with E-state index in [1.807, 2.05) is 0 Å². The van der Waals surface area contributed by atoms with E-state index in [0.29, 0.717) is 5.75 Å². The van der Waals surface area contributed by atoms with Crippen molar-refractivity contribution < 1.29 is 24.2 Å². The van der Waals surface area contributed by atoms with E-state index in [9.17, 15) is 9.59 Å². The number of ether oxygens (including phenoxy) is 2. The van der Waals surface area contributed by atoms with Gasteiger partial charge in [-0.2, -0.15) is 0 Å². The lowest BCUT2D eigenvalue weighted by molar-refractivity contribution is -0.157. The van der Waals surface area contributed by atoms with Crippen LogP contribution in [0.4, 0.5) is 0 Å². The van der Waals surface area contributed by atoms with Gasteiger partial charge in [-0.3, -0.25) is 4.79 Å². The van der Waals surface area contributed by atoms with Crippen molar-refractivity contribution in [2.75, 3.05) is 27.3 Å². The number of nitrogens with zero attached hydrogens (tertiary/aromatic N) is 1. The number of aliphatic hydroxyl groups excluding tert-OH is 1. The highest BCUT2D eigenvalue weighted by Gasteiger charge is 2.32. The molecule has 0 spiro atoms. The first-order valence-corrected chi connectivity index (χ1v) is 5.75. The molecule has 0 aliphatic rings. The van der Waals surface area contributed by atoms with Crippen LogP contribution >= 0.6 is 0 Å². The van der Waals surface area contributed by atoms with Gasteiger partial charge in [0, 0.05) is 13.6 Å². The number of carbonyl (C=O) groups is 2. The second-order valence-electron chi connectivity index (χ2n) is 3.82. The largest absolute Gasteiger partial charge is 0.469 e. The highest BCUT2D eigenvalue weighted by atomic mass is 16.6. The van der Waals surface area contributed by atoms with Crippen LogP contribution in [0.2, 0.25) is 0 Å². The predicted molar refractivity (Wildman–Crippen MR) is 67.6 cm³/mol. The Morgan fingerprint density at radius 3 is 2.47 bits per heavy atom. The summed E-state index contributed by atoms with van der Waals surface area (Å²) < 4.78 is 9.91. The molecule has 0 aliphatic carbocycles. The minimum atomic E-state index is -1.37. The molecule has 6 heteroatoms. The van der Waals surface area contributed by atoms with Gasteiger partial charge < -0.3 is 19.5 Å². The number of amides is 1. The van der Waals surface area contributed by atoms with Crippen LogP contribution in [0.25, 0.3) is 0 Å².